The van der Waals surface area contributed by atoms with E-state index in [9.17, 15) is 22.6 Å². The summed E-state index contributed by atoms with van der Waals surface area (Å²) in [5.41, 5.74) is -0.994. The third-order valence-corrected chi connectivity index (χ3v) is 10.7. The van der Waals surface area contributed by atoms with Crippen molar-refractivity contribution in [2.24, 2.45) is 16.7 Å². The van der Waals surface area contributed by atoms with Gasteiger partial charge in [-0.1, -0.05) is 27.7 Å². The molecule has 0 saturated heterocycles. The van der Waals surface area contributed by atoms with Crippen LogP contribution in [0.2, 0.25) is 0 Å². The largest absolute Gasteiger partial charge is 0.747 e. The summed E-state index contributed by atoms with van der Waals surface area (Å²) < 4.78 is 33.6. The average molecular weight is 421 g/mol. The third-order valence-electron chi connectivity index (χ3n) is 6.73. The molecule has 0 aromatic rings. The molecule has 0 aromatic heterocycles. The molecule has 0 spiro atoms. The van der Waals surface area contributed by atoms with Crippen LogP contribution in [0.4, 0.5) is 0 Å². The lowest BCUT2D eigenvalue weighted by molar-refractivity contribution is -0.128. The Kier molecular flexibility index (Phi) is 7.44. The Labute approximate surface area is 168 Å². The summed E-state index contributed by atoms with van der Waals surface area (Å²) in [4.78, 5) is 23.3. The number of carbonyl (C=O) groups excluding carboxylic acids is 2. The van der Waals surface area contributed by atoms with Crippen molar-refractivity contribution in [3.8, 4) is 0 Å². The van der Waals surface area contributed by atoms with Gasteiger partial charge in [-0.25, -0.2) is 8.42 Å². The topological polar surface area (TPSA) is 91.3 Å². The number of rotatable bonds is 5. The molecule has 2 bridgehead atoms. The Morgan fingerprint density at radius 3 is 2.07 bits per heavy atom. The molecule has 2 aliphatic carbocycles. The van der Waals surface area contributed by atoms with E-state index in [0.717, 1.165) is 18.6 Å². The Morgan fingerprint density at radius 2 is 1.78 bits per heavy atom. The number of carbonyl (C=O) groups is 2. The maximum atomic E-state index is 12.0. The molecule has 7 heteroatoms. The van der Waals surface area contributed by atoms with Gasteiger partial charge in [0.15, 0.2) is 17.3 Å². The first-order chi connectivity index (χ1) is 12.0. The van der Waals surface area contributed by atoms with Gasteiger partial charge < -0.3 is 4.55 Å². The van der Waals surface area contributed by atoms with E-state index in [-0.39, 0.29) is 28.0 Å². The smallest absolute Gasteiger partial charge is 0.181 e. The number of Topliss-reactive ketones (excluding diaryl/α,β-unsaturated/α-hetero) is 2. The first-order valence-corrected chi connectivity index (χ1v) is 12.9. The molecule has 2 rings (SSSR count). The number of ketones is 2. The van der Waals surface area contributed by atoms with Crippen LogP contribution in [0, 0.1) is 16.7 Å². The monoisotopic (exact) mass is 420 g/mol. The fourth-order valence-electron chi connectivity index (χ4n) is 4.14. The summed E-state index contributed by atoms with van der Waals surface area (Å²) >= 11 is 0. The highest BCUT2D eigenvalue weighted by Gasteiger charge is 2.67. The van der Waals surface area contributed by atoms with Crippen LogP contribution in [-0.2, 0) is 30.6 Å². The van der Waals surface area contributed by atoms with Crippen molar-refractivity contribution in [3.63, 3.8) is 0 Å². The van der Waals surface area contributed by atoms with Crippen molar-refractivity contribution in [1.82, 2.24) is 0 Å². The molecule has 0 radical (unpaired) electrons. The summed E-state index contributed by atoms with van der Waals surface area (Å²) in [5, 5.41) is -1.30. The van der Waals surface area contributed by atoms with Gasteiger partial charge in [0.05, 0.1) is 6.26 Å². The van der Waals surface area contributed by atoms with E-state index in [1.54, 1.807) is 6.92 Å². The molecule has 0 N–H and O–H groups in total. The van der Waals surface area contributed by atoms with Gasteiger partial charge in [0.25, 0.3) is 0 Å². The maximum Gasteiger partial charge on any atom is 0.181 e. The van der Waals surface area contributed by atoms with Gasteiger partial charge in [-0.15, -0.1) is 0 Å². The minimum Gasteiger partial charge on any atom is -0.747 e. The highest BCUT2D eigenvalue weighted by molar-refractivity contribution is 7.98. The minimum atomic E-state index is -4.49. The van der Waals surface area contributed by atoms with Gasteiger partial charge in [-0.3, -0.25) is 9.59 Å². The van der Waals surface area contributed by atoms with Gasteiger partial charge in [0, 0.05) is 11.8 Å². The second kappa shape index (κ2) is 8.15. The van der Waals surface area contributed by atoms with Gasteiger partial charge in [-0.05, 0) is 62.3 Å². The molecule has 158 valence electrons. The van der Waals surface area contributed by atoms with Crippen molar-refractivity contribution in [3.05, 3.63) is 0 Å². The standard InChI is InChI=1S/C10H16O4S.C10H21OS/c1-9(2)6-4-5-10(9,3)8(11)7(6)15(12,13)14;1-6-7-9(11)8-12(5)10(2,3)4/h6-7H,4-5H2,1-3H3,(H,12,13,14);6-8H2,1-5H3/q;+1/p-1. The molecule has 0 amide bonds. The summed E-state index contributed by atoms with van der Waals surface area (Å²) in [7, 11) is -4.26. The number of hydrogen-bond donors (Lipinski definition) is 0. The van der Waals surface area contributed by atoms with Crippen LogP contribution in [0.5, 0.6) is 0 Å². The van der Waals surface area contributed by atoms with Crippen molar-refractivity contribution in [2.45, 2.75) is 84.1 Å². The van der Waals surface area contributed by atoms with Gasteiger partial charge in [0.2, 0.25) is 0 Å². The third kappa shape index (κ3) is 4.96. The predicted octanol–water partition coefficient (Wildman–Crippen LogP) is 3.33. The van der Waals surface area contributed by atoms with Crippen molar-refractivity contribution < 1.29 is 22.6 Å². The molecule has 0 aliphatic heterocycles. The van der Waals surface area contributed by atoms with Crippen LogP contribution in [0.1, 0.15) is 74.1 Å². The Hall–Kier alpha value is -0.400. The van der Waals surface area contributed by atoms with Crippen LogP contribution in [-0.4, -0.2) is 46.5 Å². The van der Waals surface area contributed by atoms with Crippen LogP contribution in [0.25, 0.3) is 0 Å². The first-order valence-electron chi connectivity index (χ1n) is 9.63. The molecule has 4 atom stereocenters. The summed E-state index contributed by atoms with van der Waals surface area (Å²) in [5.74, 6) is 0.548. The maximum absolute atomic E-state index is 12.0. The second-order valence-corrected chi connectivity index (χ2v) is 13.9. The molecule has 4 unspecified atom stereocenters. The number of hydrogen-bond acceptors (Lipinski definition) is 5. The lowest BCUT2D eigenvalue weighted by Gasteiger charge is -2.32. The molecule has 2 saturated carbocycles. The quantitative estimate of drug-likeness (QED) is 0.502. The predicted molar refractivity (Wildman–Crippen MR) is 111 cm³/mol. The normalized spacial score (nSPS) is 30.6. The average Bonchev–Trinajstić information content (AvgIpc) is 2.78. The Balaban J connectivity index is 0.000000279. The van der Waals surface area contributed by atoms with Crippen LogP contribution >= 0.6 is 0 Å². The Morgan fingerprint density at radius 1 is 1.26 bits per heavy atom. The molecule has 0 heterocycles. The molecule has 27 heavy (non-hydrogen) atoms. The van der Waals surface area contributed by atoms with Crippen LogP contribution < -0.4 is 0 Å². The van der Waals surface area contributed by atoms with E-state index < -0.39 is 20.8 Å². The lowest BCUT2D eigenvalue weighted by Crippen LogP contribution is -2.38. The van der Waals surface area contributed by atoms with E-state index in [1.165, 1.54) is 0 Å². The van der Waals surface area contributed by atoms with Crippen LogP contribution in [0.15, 0.2) is 0 Å². The molecule has 2 aliphatic rings. The van der Waals surface area contributed by atoms with Crippen molar-refractivity contribution >= 4 is 32.6 Å². The summed E-state index contributed by atoms with van der Waals surface area (Å²) in [6.45, 7) is 14.3. The van der Waals surface area contributed by atoms with E-state index in [2.05, 4.69) is 34.0 Å². The van der Waals surface area contributed by atoms with Crippen molar-refractivity contribution in [1.29, 1.82) is 0 Å². The van der Waals surface area contributed by atoms with Gasteiger partial charge in [-0.2, -0.15) is 0 Å². The van der Waals surface area contributed by atoms with Gasteiger partial charge >= 0.3 is 0 Å². The highest BCUT2D eigenvalue weighted by atomic mass is 32.2. The summed E-state index contributed by atoms with van der Waals surface area (Å²) in [6, 6.07) is 0. The summed E-state index contributed by atoms with van der Waals surface area (Å²) in [6.07, 6.45) is 5.30. The van der Waals surface area contributed by atoms with E-state index in [1.807, 2.05) is 13.8 Å². The zero-order chi connectivity index (χ0) is 21.4. The fraction of sp³-hybridized carbons (Fsp3) is 0.900. The first kappa shape index (κ1) is 24.6. The fourth-order valence-corrected chi connectivity index (χ4v) is 6.61. The molecular formula is C20H36O5S2. The lowest BCUT2D eigenvalue weighted by atomic mass is 9.70. The number of fused-ring (bicyclic) bond motifs is 2. The highest BCUT2D eigenvalue weighted by Crippen LogP contribution is 2.64. The Bertz CT molecular complexity index is 675. The minimum absolute atomic E-state index is 0.232. The van der Waals surface area contributed by atoms with Gasteiger partial charge in [0.1, 0.15) is 20.1 Å². The molecule has 2 fully saturated rings. The van der Waals surface area contributed by atoms with E-state index in [0.29, 0.717) is 23.4 Å². The molecule has 0 aromatic carbocycles. The van der Waals surface area contributed by atoms with Crippen molar-refractivity contribution in [2.75, 3.05) is 12.0 Å². The second-order valence-electron chi connectivity index (χ2n) is 9.66. The molecular weight excluding hydrogens is 384 g/mol. The van der Waals surface area contributed by atoms with E-state index in [4.69, 9.17) is 0 Å². The van der Waals surface area contributed by atoms with E-state index >= 15 is 0 Å². The molecule has 5 nitrogen and oxygen atoms in total. The van der Waals surface area contributed by atoms with Crippen LogP contribution in [0.3, 0.4) is 0 Å². The zero-order valence-corrected chi connectivity index (χ0v) is 19.7. The zero-order valence-electron chi connectivity index (χ0n) is 18.0. The SMILES string of the molecule is CC12CCC(C(S(=O)(=O)[O-])C1=O)C2(C)C.CCCC(=O)C[S+](C)C(C)(C)C.